The average molecular weight is 269 g/mol. The lowest BCUT2D eigenvalue weighted by atomic mass is 9.98. The summed E-state index contributed by atoms with van der Waals surface area (Å²) >= 11 is 0. The predicted octanol–water partition coefficient (Wildman–Crippen LogP) is 3.71. The predicted molar refractivity (Wildman–Crippen MR) is 82.5 cm³/mol. The van der Waals surface area contributed by atoms with E-state index in [1.165, 1.54) is 11.1 Å². The first kappa shape index (κ1) is 13.4. The van der Waals surface area contributed by atoms with Gasteiger partial charge in [-0.15, -0.1) is 0 Å². The normalized spacial score (nSPS) is 22.1. The molecule has 0 spiro atoms. The average Bonchev–Trinajstić information content (AvgIpc) is 2.83. The summed E-state index contributed by atoms with van der Waals surface area (Å²) in [4.78, 5) is 4.75. The van der Waals surface area contributed by atoms with Crippen LogP contribution in [0.1, 0.15) is 50.5 Å². The van der Waals surface area contributed by atoms with Crippen LogP contribution in [0.2, 0.25) is 0 Å². The van der Waals surface area contributed by atoms with Crippen molar-refractivity contribution in [2.75, 3.05) is 0 Å². The maximum atomic E-state index is 6.21. The van der Waals surface area contributed by atoms with Gasteiger partial charge in [-0.3, -0.25) is 0 Å². The van der Waals surface area contributed by atoms with E-state index in [1.807, 2.05) is 0 Å². The summed E-state index contributed by atoms with van der Waals surface area (Å²) in [6, 6.07) is 8.79. The van der Waals surface area contributed by atoms with Gasteiger partial charge in [0.05, 0.1) is 11.7 Å². The van der Waals surface area contributed by atoms with Crippen LogP contribution in [0.15, 0.2) is 30.5 Å². The van der Waals surface area contributed by atoms with Crippen LogP contribution in [-0.2, 0) is 6.54 Å². The van der Waals surface area contributed by atoms with E-state index in [-0.39, 0.29) is 6.04 Å². The number of hydrogen-bond donors (Lipinski definition) is 1. The van der Waals surface area contributed by atoms with Gasteiger partial charge < -0.3 is 10.3 Å². The molecule has 3 heteroatoms. The minimum Gasteiger partial charge on any atom is -0.333 e. The molecule has 0 fully saturated rings. The van der Waals surface area contributed by atoms with Crippen LogP contribution in [0.25, 0.3) is 11.3 Å². The second kappa shape index (κ2) is 5.06. The Labute approximate surface area is 120 Å². The molecule has 1 aromatic heterocycles. The molecule has 0 aliphatic carbocycles. The van der Waals surface area contributed by atoms with Crippen LogP contribution < -0.4 is 5.73 Å². The van der Waals surface area contributed by atoms with Crippen molar-refractivity contribution in [2.24, 2.45) is 11.7 Å². The first-order chi connectivity index (χ1) is 9.54. The van der Waals surface area contributed by atoms with E-state index in [9.17, 15) is 0 Å². The van der Waals surface area contributed by atoms with Gasteiger partial charge in [-0.25, -0.2) is 4.98 Å². The SMILES string of the molecule is CC1CC(N)c2nc(-c3ccc(C(C)C)cc3)cn2C1. The molecule has 0 radical (unpaired) electrons. The van der Waals surface area contributed by atoms with E-state index in [0.29, 0.717) is 11.8 Å². The number of nitrogens with zero attached hydrogens (tertiary/aromatic N) is 2. The molecule has 0 saturated heterocycles. The van der Waals surface area contributed by atoms with Crippen molar-refractivity contribution in [3.63, 3.8) is 0 Å². The van der Waals surface area contributed by atoms with Gasteiger partial charge in [0.2, 0.25) is 0 Å². The highest BCUT2D eigenvalue weighted by atomic mass is 15.1. The summed E-state index contributed by atoms with van der Waals surface area (Å²) in [5.41, 5.74) is 9.79. The highest BCUT2D eigenvalue weighted by Gasteiger charge is 2.24. The quantitative estimate of drug-likeness (QED) is 0.903. The van der Waals surface area contributed by atoms with Crippen molar-refractivity contribution >= 4 is 0 Å². The third-order valence-corrected chi connectivity index (χ3v) is 4.18. The third kappa shape index (κ3) is 2.38. The minimum absolute atomic E-state index is 0.0717. The molecule has 1 aliphatic heterocycles. The number of benzene rings is 1. The van der Waals surface area contributed by atoms with Crippen LogP contribution >= 0.6 is 0 Å². The molecular formula is C17H23N3. The summed E-state index contributed by atoms with van der Waals surface area (Å²) < 4.78 is 2.23. The zero-order valence-electron chi connectivity index (χ0n) is 12.5. The molecule has 3 nitrogen and oxygen atoms in total. The number of hydrogen-bond acceptors (Lipinski definition) is 2. The van der Waals surface area contributed by atoms with E-state index in [2.05, 4.69) is 55.8 Å². The van der Waals surface area contributed by atoms with Gasteiger partial charge in [-0.1, -0.05) is 45.0 Å². The van der Waals surface area contributed by atoms with Crippen LogP contribution in [0, 0.1) is 5.92 Å². The highest BCUT2D eigenvalue weighted by Crippen LogP contribution is 2.30. The summed E-state index contributed by atoms with van der Waals surface area (Å²) in [5, 5.41) is 0. The van der Waals surface area contributed by atoms with E-state index < -0.39 is 0 Å². The summed E-state index contributed by atoms with van der Waals surface area (Å²) in [6.45, 7) is 7.70. The zero-order chi connectivity index (χ0) is 14.3. The van der Waals surface area contributed by atoms with Gasteiger partial charge in [0.1, 0.15) is 5.82 Å². The Balaban J connectivity index is 1.93. The van der Waals surface area contributed by atoms with Gasteiger partial charge in [0.15, 0.2) is 0 Å². The number of imidazole rings is 1. The lowest BCUT2D eigenvalue weighted by Gasteiger charge is -2.25. The maximum absolute atomic E-state index is 6.21. The van der Waals surface area contributed by atoms with Gasteiger partial charge in [-0.05, 0) is 23.8 Å². The third-order valence-electron chi connectivity index (χ3n) is 4.18. The van der Waals surface area contributed by atoms with E-state index in [0.717, 1.165) is 24.5 Å². The molecule has 2 aromatic rings. The van der Waals surface area contributed by atoms with Crippen LogP contribution in [0.5, 0.6) is 0 Å². The van der Waals surface area contributed by atoms with Gasteiger partial charge >= 0.3 is 0 Å². The van der Waals surface area contributed by atoms with Crippen LogP contribution in [0.4, 0.5) is 0 Å². The van der Waals surface area contributed by atoms with Crippen molar-refractivity contribution in [1.29, 1.82) is 0 Å². The summed E-state index contributed by atoms with van der Waals surface area (Å²) in [6.07, 6.45) is 3.18. The van der Waals surface area contributed by atoms with Crippen molar-refractivity contribution in [1.82, 2.24) is 9.55 Å². The van der Waals surface area contributed by atoms with Gasteiger partial charge in [-0.2, -0.15) is 0 Å². The van der Waals surface area contributed by atoms with Crippen LogP contribution in [-0.4, -0.2) is 9.55 Å². The minimum atomic E-state index is 0.0717. The van der Waals surface area contributed by atoms with Gasteiger partial charge in [0.25, 0.3) is 0 Å². The Kier molecular flexibility index (Phi) is 3.38. The molecule has 106 valence electrons. The molecule has 1 aromatic carbocycles. The second-order valence-corrected chi connectivity index (χ2v) is 6.36. The molecular weight excluding hydrogens is 246 g/mol. The largest absolute Gasteiger partial charge is 0.333 e. The zero-order valence-corrected chi connectivity index (χ0v) is 12.5. The fraction of sp³-hybridized carbons (Fsp3) is 0.471. The lowest BCUT2D eigenvalue weighted by molar-refractivity contribution is 0.346. The highest BCUT2D eigenvalue weighted by molar-refractivity contribution is 5.59. The Morgan fingerprint density at radius 1 is 1.25 bits per heavy atom. The number of aromatic nitrogens is 2. The monoisotopic (exact) mass is 269 g/mol. The van der Waals surface area contributed by atoms with Crippen molar-refractivity contribution in [2.45, 2.75) is 45.7 Å². The Bertz CT molecular complexity index is 595. The van der Waals surface area contributed by atoms with E-state index in [1.54, 1.807) is 0 Å². The second-order valence-electron chi connectivity index (χ2n) is 6.36. The van der Waals surface area contributed by atoms with Gasteiger partial charge in [0, 0.05) is 18.3 Å². The molecule has 2 N–H and O–H groups in total. The van der Waals surface area contributed by atoms with Crippen LogP contribution in [0.3, 0.4) is 0 Å². The molecule has 0 bridgehead atoms. The number of nitrogens with two attached hydrogens (primary N) is 1. The fourth-order valence-electron chi connectivity index (χ4n) is 3.00. The molecule has 20 heavy (non-hydrogen) atoms. The smallest absolute Gasteiger partial charge is 0.126 e. The molecule has 0 amide bonds. The standard InChI is InChI=1S/C17H23N3/c1-11(2)13-4-6-14(7-5-13)16-10-20-9-12(3)8-15(18)17(20)19-16/h4-7,10-12,15H,8-9,18H2,1-3H3. The van der Waals surface area contributed by atoms with E-state index in [4.69, 9.17) is 10.7 Å². The lowest BCUT2D eigenvalue weighted by Crippen LogP contribution is -2.26. The van der Waals surface area contributed by atoms with Crippen molar-refractivity contribution in [3.05, 3.63) is 41.9 Å². The first-order valence-electron chi connectivity index (χ1n) is 7.47. The van der Waals surface area contributed by atoms with E-state index >= 15 is 0 Å². The number of fused-ring (bicyclic) bond motifs is 1. The first-order valence-corrected chi connectivity index (χ1v) is 7.47. The Morgan fingerprint density at radius 2 is 1.95 bits per heavy atom. The maximum Gasteiger partial charge on any atom is 0.126 e. The Hall–Kier alpha value is -1.61. The van der Waals surface area contributed by atoms with Crippen molar-refractivity contribution in [3.8, 4) is 11.3 Å². The molecule has 1 aliphatic rings. The summed E-state index contributed by atoms with van der Waals surface area (Å²) in [5.74, 6) is 2.22. The Morgan fingerprint density at radius 3 is 2.60 bits per heavy atom. The molecule has 0 saturated carbocycles. The van der Waals surface area contributed by atoms with Crippen molar-refractivity contribution < 1.29 is 0 Å². The molecule has 2 atom stereocenters. The summed E-state index contributed by atoms with van der Waals surface area (Å²) in [7, 11) is 0. The molecule has 2 heterocycles. The topological polar surface area (TPSA) is 43.8 Å². The molecule has 2 unspecified atom stereocenters. The molecule has 3 rings (SSSR count). The number of rotatable bonds is 2. The fourth-order valence-corrected chi connectivity index (χ4v) is 3.00.